The first-order chi connectivity index (χ1) is 10.4. The molecule has 120 valence electrons. The first-order valence-corrected chi connectivity index (χ1v) is 9.80. The van der Waals surface area contributed by atoms with E-state index in [2.05, 4.69) is 25.1 Å². The SMILES string of the molecule is Cc1ccccc1[C@H]1CCN(C(=O)C[C@@H]2CCS(=O)(=O)C2)C1. The second-order valence-corrected chi connectivity index (χ2v) is 8.88. The van der Waals surface area contributed by atoms with Crippen molar-refractivity contribution in [3.05, 3.63) is 35.4 Å². The first kappa shape index (κ1) is 15.5. The molecule has 2 saturated heterocycles. The molecule has 0 spiro atoms. The molecular formula is C17H23NO3S. The minimum atomic E-state index is -2.89. The molecule has 0 bridgehead atoms. The summed E-state index contributed by atoms with van der Waals surface area (Å²) in [5.74, 6) is 0.996. The maximum Gasteiger partial charge on any atom is 0.222 e. The fourth-order valence-corrected chi connectivity index (χ4v) is 5.56. The van der Waals surface area contributed by atoms with Gasteiger partial charge in [0.1, 0.15) is 0 Å². The third kappa shape index (κ3) is 3.35. The molecule has 5 heteroatoms. The second-order valence-electron chi connectivity index (χ2n) is 6.66. The number of carbonyl (C=O) groups excluding carboxylic acids is 1. The fraction of sp³-hybridized carbons (Fsp3) is 0.588. The number of sulfone groups is 1. The summed E-state index contributed by atoms with van der Waals surface area (Å²) in [6, 6.07) is 8.36. The van der Waals surface area contributed by atoms with Crippen LogP contribution in [0.15, 0.2) is 24.3 Å². The molecule has 2 atom stereocenters. The number of hydrogen-bond acceptors (Lipinski definition) is 3. The van der Waals surface area contributed by atoms with Crippen molar-refractivity contribution in [1.82, 2.24) is 4.90 Å². The highest BCUT2D eigenvalue weighted by molar-refractivity contribution is 7.91. The van der Waals surface area contributed by atoms with Gasteiger partial charge in [-0.25, -0.2) is 8.42 Å². The Morgan fingerprint density at radius 2 is 2.05 bits per heavy atom. The van der Waals surface area contributed by atoms with Gasteiger partial charge < -0.3 is 4.90 Å². The van der Waals surface area contributed by atoms with Crippen molar-refractivity contribution >= 4 is 15.7 Å². The zero-order valence-electron chi connectivity index (χ0n) is 13.0. The van der Waals surface area contributed by atoms with Crippen molar-refractivity contribution < 1.29 is 13.2 Å². The summed E-state index contributed by atoms with van der Waals surface area (Å²) < 4.78 is 23.0. The van der Waals surface area contributed by atoms with Crippen molar-refractivity contribution in [2.75, 3.05) is 24.6 Å². The van der Waals surface area contributed by atoms with Crippen molar-refractivity contribution in [1.29, 1.82) is 0 Å². The van der Waals surface area contributed by atoms with E-state index in [1.807, 2.05) is 11.0 Å². The highest BCUT2D eigenvalue weighted by Crippen LogP contribution is 2.30. The topological polar surface area (TPSA) is 54.5 Å². The Labute approximate surface area is 132 Å². The summed E-state index contributed by atoms with van der Waals surface area (Å²) in [6.45, 7) is 3.67. The molecule has 0 saturated carbocycles. The summed E-state index contributed by atoms with van der Waals surface area (Å²) in [5.41, 5.74) is 2.62. The van der Waals surface area contributed by atoms with Crippen LogP contribution in [-0.2, 0) is 14.6 Å². The number of amides is 1. The molecule has 0 unspecified atom stereocenters. The Morgan fingerprint density at radius 3 is 2.73 bits per heavy atom. The lowest BCUT2D eigenvalue weighted by molar-refractivity contribution is -0.131. The lowest BCUT2D eigenvalue weighted by atomic mass is 9.94. The van der Waals surface area contributed by atoms with Crippen LogP contribution in [0.25, 0.3) is 0 Å². The van der Waals surface area contributed by atoms with Crippen LogP contribution in [0.4, 0.5) is 0 Å². The molecule has 1 aromatic rings. The normalized spacial score (nSPS) is 27.2. The average molecular weight is 321 g/mol. The van der Waals surface area contributed by atoms with Crippen molar-refractivity contribution in [3.63, 3.8) is 0 Å². The third-order valence-corrected chi connectivity index (χ3v) is 6.80. The number of benzene rings is 1. The van der Waals surface area contributed by atoms with E-state index in [0.29, 0.717) is 18.8 Å². The maximum atomic E-state index is 12.4. The zero-order chi connectivity index (χ0) is 15.7. The molecular weight excluding hydrogens is 298 g/mol. The van der Waals surface area contributed by atoms with Crippen molar-refractivity contribution in [3.8, 4) is 0 Å². The maximum absolute atomic E-state index is 12.4. The monoisotopic (exact) mass is 321 g/mol. The van der Waals surface area contributed by atoms with E-state index >= 15 is 0 Å². The van der Waals surface area contributed by atoms with E-state index in [1.54, 1.807) is 0 Å². The molecule has 1 amide bonds. The van der Waals surface area contributed by atoms with Crippen LogP contribution in [0, 0.1) is 12.8 Å². The summed E-state index contributed by atoms with van der Waals surface area (Å²) in [7, 11) is -2.89. The third-order valence-electron chi connectivity index (χ3n) is 4.96. The average Bonchev–Trinajstić information content (AvgIpc) is 3.06. The van der Waals surface area contributed by atoms with Crippen LogP contribution in [0.3, 0.4) is 0 Å². The van der Waals surface area contributed by atoms with Gasteiger partial charge in [-0.2, -0.15) is 0 Å². The quantitative estimate of drug-likeness (QED) is 0.857. The predicted molar refractivity (Wildman–Crippen MR) is 86.5 cm³/mol. The Kier molecular flexibility index (Phi) is 4.26. The highest BCUT2D eigenvalue weighted by atomic mass is 32.2. The molecule has 2 aliphatic rings. The number of carbonyl (C=O) groups is 1. The van der Waals surface area contributed by atoms with E-state index in [9.17, 15) is 13.2 Å². The van der Waals surface area contributed by atoms with E-state index in [-0.39, 0.29) is 23.3 Å². The number of nitrogens with zero attached hydrogens (tertiary/aromatic N) is 1. The summed E-state index contributed by atoms with van der Waals surface area (Å²) >= 11 is 0. The second kappa shape index (κ2) is 6.03. The van der Waals surface area contributed by atoms with E-state index < -0.39 is 9.84 Å². The van der Waals surface area contributed by atoms with Gasteiger partial charge >= 0.3 is 0 Å². The number of hydrogen-bond donors (Lipinski definition) is 0. The van der Waals surface area contributed by atoms with Gasteiger partial charge in [0.2, 0.25) is 5.91 Å². The molecule has 3 rings (SSSR count). The van der Waals surface area contributed by atoms with Gasteiger partial charge in [-0.3, -0.25) is 4.79 Å². The van der Waals surface area contributed by atoms with Gasteiger partial charge in [0, 0.05) is 25.4 Å². The van der Waals surface area contributed by atoms with Crippen LogP contribution in [0.1, 0.15) is 36.3 Å². The highest BCUT2D eigenvalue weighted by Gasteiger charge is 2.33. The van der Waals surface area contributed by atoms with E-state index in [0.717, 1.165) is 19.5 Å². The first-order valence-electron chi connectivity index (χ1n) is 7.98. The van der Waals surface area contributed by atoms with E-state index in [1.165, 1.54) is 11.1 Å². The molecule has 0 N–H and O–H groups in total. The van der Waals surface area contributed by atoms with Crippen LogP contribution in [-0.4, -0.2) is 43.8 Å². The van der Waals surface area contributed by atoms with Gasteiger partial charge in [-0.1, -0.05) is 24.3 Å². The Morgan fingerprint density at radius 1 is 1.27 bits per heavy atom. The van der Waals surface area contributed by atoms with Gasteiger partial charge in [-0.05, 0) is 36.8 Å². The van der Waals surface area contributed by atoms with Crippen molar-refractivity contribution in [2.24, 2.45) is 5.92 Å². The zero-order valence-corrected chi connectivity index (χ0v) is 13.8. The van der Waals surface area contributed by atoms with Gasteiger partial charge in [-0.15, -0.1) is 0 Å². The molecule has 2 aliphatic heterocycles. The lowest BCUT2D eigenvalue weighted by Crippen LogP contribution is -2.30. The molecule has 0 aromatic heterocycles. The minimum absolute atomic E-state index is 0.0232. The van der Waals surface area contributed by atoms with E-state index in [4.69, 9.17) is 0 Å². The summed E-state index contributed by atoms with van der Waals surface area (Å²) in [4.78, 5) is 14.3. The molecule has 2 heterocycles. The van der Waals surface area contributed by atoms with Gasteiger partial charge in [0.15, 0.2) is 9.84 Å². The van der Waals surface area contributed by atoms with Crippen LogP contribution >= 0.6 is 0 Å². The summed E-state index contributed by atoms with van der Waals surface area (Å²) in [5, 5.41) is 0. The number of aryl methyl sites for hydroxylation is 1. The molecule has 0 aliphatic carbocycles. The lowest BCUT2D eigenvalue weighted by Gasteiger charge is -2.19. The smallest absolute Gasteiger partial charge is 0.222 e. The van der Waals surface area contributed by atoms with Crippen LogP contribution < -0.4 is 0 Å². The van der Waals surface area contributed by atoms with Gasteiger partial charge in [0.25, 0.3) is 0 Å². The molecule has 0 radical (unpaired) electrons. The standard InChI is InChI=1S/C17H23NO3S/c1-13-4-2-3-5-16(13)15-6-8-18(11-15)17(19)10-14-7-9-22(20,21)12-14/h2-5,14-15H,6-12H2,1H3/t14-,15-/m0/s1. The predicted octanol–water partition coefficient (Wildman–Crippen LogP) is 2.14. The minimum Gasteiger partial charge on any atom is -0.342 e. The molecule has 1 aromatic carbocycles. The molecule has 2 fully saturated rings. The van der Waals surface area contributed by atoms with Crippen molar-refractivity contribution in [2.45, 2.75) is 32.1 Å². The fourth-order valence-electron chi connectivity index (χ4n) is 3.69. The summed E-state index contributed by atoms with van der Waals surface area (Å²) in [6.07, 6.45) is 2.03. The van der Waals surface area contributed by atoms with Gasteiger partial charge in [0.05, 0.1) is 11.5 Å². The Hall–Kier alpha value is -1.36. The Balaban J connectivity index is 1.59. The number of likely N-dealkylation sites (tertiary alicyclic amines) is 1. The number of rotatable bonds is 3. The molecule has 4 nitrogen and oxygen atoms in total. The van der Waals surface area contributed by atoms with Crippen LogP contribution in [0.2, 0.25) is 0 Å². The largest absolute Gasteiger partial charge is 0.342 e. The Bertz CT molecular complexity index is 668. The molecule has 22 heavy (non-hydrogen) atoms. The van der Waals surface area contributed by atoms with Crippen LogP contribution in [0.5, 0.6) is 0 Å².